The molecule has 1 aromatic rings. The molecule has 0 amide bonds. The van der Waals surface area contributed by atoms with E-state index in [-0.39, 0.29) is 4.90 Å². The van der Waals surface area contributed by atoms with Gasteiger partial charge in [0, 0.05) is 22.9 Å². The number of hydrogen-bond acceptors (Lipinski definition) is 3. The van der Waals surface area contributed by atoms with Crippen LogP contribution in [0.1, 0.15) is 12.8 Å². The van der Waals surface area contributed by atoms with Crippen molar-refractivity contribution in [2.45, 2.75) is 30.0 Å². The molecule has 0 N–H and O–H groups in total. The standard InChI is InChI=1S/C10H10BrF3N2O2S/c11-7-3-9(5-15-4-7)19(17,18)16(8-1-2-8)6-10(12,13)14/h3-5,8H,1-2,6H2. The molecule has 0 bridgehead atoms. The van der Waals surface area contributed by atoms with Crippen LogP contribution in [0.15, 0.2) is 27.8 Å². The molecule has 19 heavy (non-hydrogen) atoms. The predicted molar refractivity (Wildman–Crippen MR) is 64.9 cm³/mol. The van der Waals surface area contributed by atoms with Crippen LogP contribution in [0.2, 0.25) is 0 Å². The first-order chi connectivity index (χ1) is 8.70. The molecule has 1 aliphatic carbocycles. The minimum Gasteiger partial charge on any atom is -0.262 e. The van der Waals surface area contributed by atoms with Gasteiger partial charge in [-0.05, 0) is 34.8 Å². The molecule has 106 valence electrons. The van der Waals surface area contributed by atoms with Crippen molar-refractivity contribution in [1.82, 2.24) is 9.29 Å². The first-order valence-electron chi connectivity index (χ1n) is 5.39. The molecule has 0 radical (unpaired) electrons. The number of nitrogens with zero attached hydrogens (tertiary/aromatic N) is 2. The number of alkyl halides is 3. The summed E-state index contributed by atoms with van der Waals surface area (Å²) in [5, 5.41) is 0. The predicted octanol–water partition coefficient (Wildman–Crippen LogP) is 2.56. The third-order valence-electron chi connectivity index (χ3n) is 2.58. The fourth-order valence-electron chi connectivity index (χ4n) is 1.62. The second kappa shape index (κ2) is 5.02. The summed E-state index contributed by atoms with van der Waals surface area (Å²) in [6.45, 7) is -1.47. The van der Waals surface area contributed by atoms with E-state index in [1.54, 1.807) is 0 Å². The van der Waals surface area contributed by atoms with Crippen LogP contribution in [0.4, 0.5) is 13.2 Å². The monoisotopic (exact) mass is 358 g/mol. The minimum absolute atomic E-state index is 0.238. The van der Waals surface area contributed by atoms with Crippen molar-refractivity contribution in [2.75, 3.05) is 6.54 Å². The number of rotatable bonds is 4. The average molecular weight is 359 g/mol. The van der Waals surface area contributed by atoms with Gasteiger partial charge < -0.3 is 0 Å². The van der Waals surface area contributed by atoms with Crippen molar-refractivity contribution < 1.29 is 21.6 Å². The second-order valence-electron chi connectivity index (χ2n) is 4.24. The van der Waals surface area contributed by atoms with Gasteiger partial charge in [0.1, 0.15) is 11.4 Å². The summed E-state index contributed by atoms with van der Waals surface area (Å²) in [5.41, 5.74) is 0. The zero-order valence-corrected chi connectivity index (χ0v) is 12.0. The topological polar surface area (TPSA) is 50.3 Å². The normalized spacial score (nSPS) is 16.9. The molecule has 0 atom stereocenters. The molecule has 1 fully saturated rings. The Kier molecular flexibility index (Phi) is 3.90. The fraction of sp³-hybridized carbons (Fsp3) is 0.500. The Hall–Kier alpha value is -0.670. The van der Waals surface area contributed by atoms with Crippen LogP contribution in [0, 0.1) is 0 Å². The Bertz CT molecular complexity index is 572. The largest absolute Gasteiger partial charge is 0.402 e. The highest BCUT2D eigenvalue weighted by molar-refractivity contribution is 9.10. The van der Waals surface area contributed by atoms with Gasteiger partial charge in [0.2, 0.25) is 10.0 Å². The molecule has 9 heteroatoms. The molecule has 0 spiro atoms. The van der Waals surface area contributed by atoms with Crippen LogP contribution in [0.3, 0.4) is 0 Å². The summed E-state index contributed by atoms with van der Waals surface area (Å²) in [5.74, 6) is 0. The lowest BCUT2D eigenvalue weighted by molar-refractivity contribution is -0.137. The number of sulfonamides is 1. The maximum Gasteiger partial charge on any atom is 0.402 e. The Morgan fingerprint density at radius 3 is 2.47 bits per heavy atom. The van der Waals surface area contributed by atoms with Crippen LogP contribution < -0.4 is 0 Å². The zero-order chi connectivity index (χ0) is 14.3. The molecule has 1 aromatic heterocycles. The van der Waals surface area contributed by atoms with Crippen LogP contribution >= 0.6 is 15.9 Å². The van der Waals surface area contributed by atoms with Crippen molar-refractivity contribution in [3.05, 3.63) is 22.9 Å². The maximum absolute atomic E-state index is 12.5. The molecule has 2 rings (SSSR count). The van der Waals surface area contributed by atoms with Gasteiger partial charge in [-0.3, -0.25) is 4.98 Å². The third kappa shape index (κ3) is 3.67. The molecule has 0 aromatic carbocycles. The lowest BCUT2D eigenvalue weighted by Gasteiger charge is -2.23. The van der Waals surface area contributed by atoms with Crippen molar-refractivity contribution >= 4 is 26.0 Å². The Labute approximate surface area is 116 Å². The van der Waals surface area contributed by atoms with Gasteiger partial charge in [0.05, 0.1) is 0 Å². The zero-order valence-electron chi connectivity index (χ0n) is 9.56. The summed E-state index contributed by atoms with van der Waals surface area (Å²) >= 11 is 3.05. The fourth-order valence-corrected chi connectivity index (χ4v) is 3.80. The molecular formula is C10H10BrF3N2O2S. The van der Waals surface area contributed by atoms with Gasteiger partial charge in [0.25, 0.3) is 0 Å². The van der Waals surface area contributed by atoms with Crippen LogP contribution in [-0.4, -0.2) is 36.5 Å². The quantitative estimate of drug-likeness (QED) is 0.830. The summed E-state index contributed by atoms with van der Waals surface area (Å²) in [4.78, 5) is 3.44. The molecular weight excluding hydrogens is 349 g/mol. The summed E-state index contributed by atoms with van der Waals surface area (Å²) in [6, 6.07) is 0.680. The van der Waals surface area contributed by atoms with Crippen molar-refractivity contribution in [3.63, 3.8) is 0 Å². The Morgan fingerprint density at radius 2 is 2.00 bits per heavy atom. The highest BCUT2D eigenvalue weighted by Gasteiger charge is 2.44. The van der Waals surface area contributed by atoms with Crippen molar-refractivity contribution in [3.8, 4) is 0 Å². The van der Waals surface area contributed by atoms with E-state index in [2.05, 4.69) is 20.9 Å². The second-order valence-corrected chi connectivity index (χ2v) is 7.04. The first kappa shape index (κ1) is 14.7. The van der Waals surface area contributed by atoms with Gasteiger partial charge in [-0.2, -0.15) is 17.5 Å². The third-order valence-corrected chi connectivity index (χ3v) is 4.87. The van der Waals surface area contributed by atoms with E-state index in [1.165, 1.54) is 12.3 Å². The number of pyridine rings is 1. The SMILES string of the molecule is O=S(=O)(c1cncc(Br)c1)N(CC(F)(F)F)C1CC1. The first-order valence-corrected chi connectivity index (χ1v) is 7.62. The van der Waals surface area contributed by atoms with E-state index in [1.807, 2.05) is 0 Å². The number of halogens is 4. The summed E-state index contributed by atoms with van der Waals surface area (Å²) in [7, 11) is -4.17. The van der Waals surface area contributed by atoms with Crippen molar-refractivity contribution in [1.29, 1.82) is 0 Å². The summed E-state index contributed by atoms with van der Waals surface area (Å²) in [6.07, 6.45) is -1.24. The van der Waals surface area contributed by atoms with Crippen molar-refractivity contribution in [2.24, 2.45) is 0 Å². The molecule has 1 heterocycles. The number of aromatic nitrogens is 1. The van der Waals surface area contributed by atoms with E-state index < -0.39 is 28.8 Å². The van der Waals surface area contributed by atoms with Gasteiger partial charge in [-0.15, -0.1) is 0 Å². The highest BCUT2D eigenvalue weighted by atomic mass is 79.9. The molecule has 0 aliphatic heterocycles. The van der Waals surface area contributed by atoms with Gasteiger partial charge >= 0.3 is 6.18 Å². The maximum atomic E-state index is 12.5. The molecule has 0 unspecified atom stereocenters. The highest BCUT2D eigenvalue weighted by Crippen LogP contribution is 2.34. The van der Waals surface area contributed by atoms with Crippen LogP contribution in [-0.2, 0) is 10.0 Å². The minimum atomic E-state index is -4.56. The van der Waals surface area contributed by atoms with E-state index in [4.69, 9.17) is 0 Å². The van der Waals surface area contributed by atoms with E-state index >= 15 is 0 Å². The van der Waals surface area contributed by atoms with Crippen LogP contribution in [0.25, 0.3) is 0 Å². The van der Waals surface area contributed by atoms with Gasteiger partial charge in [0.15, 0.2) is 0 Å². The molecule has 1 saturated carbocycles. The van der Waals surface area contributed by atoms with Gasteiger partial charge in [-0.25, -0.2) is 8.42 Å². The Morgan fingerprint density at radius 1 is 1.37 bits per heavy atom. The summed E-state index contributed by atoms with van der Waals surface area (Å²) < 4.78 is 62.8. The lowest BCUT2D eigenvalue weighted by atomic mass is 10.5. The van der Waals surface area contributed by atoms with Crippen LogP contribution in [0.5, 0.6) is 0 Å². The van der Waals surface area contributed by atoms with E-state index in [0.717, 1.165) is 6.20 Å². The average Bonchev–Trinajstić information content (AvgIpc) is 3.08. The van der Waals surface area contributed by atoms with Gasteiger partial charge in [-0.1, -0.05) is 0 Å². The molecule has 0 saturated heterocycles. The Balaban J connectivity index is 2.35. The molecule has 4 nitrogen and oxygen atoms in total. The van der Waals surface area contributed by atoms with E-state index in [9.17, 15) is 21.6 Å². The number of hydrogen-bond donors (Lipinski definition) is 0. The lowest BCUT2D eigenvalue weighted by Crippen LogP contribution is -2.40. The van der Waals surface area contributed by atoms with E-state index in [0.29, 0.717) is 21.6 Å². The smallest absolute Gasteiger partial charge is 0.262 e. The molecule has 1 aliphatic rings.